The molecule has 0 radical (unpaired) electrons. The fourth-order valence-electron chi connectivity index (χ4n) is 2.38. The van der Waals surface area contributed by atoms with Gasteiger partial charge in [-0.15, -0.1) is 0 Å². The van der Waals surface area contributed by atoms with Crippen LogP contribution in [0, 0.1) is 0 Å². The first-order valence-corrected chi connectivity index (χ1v) is 7.37. The number of amides is 1. The van der Waals surface area contributed by atoms with Gasteiger partial charge in [-0.2, -0.15) is 8.78 Å². The smallest absolute Gasteiger partial charge is 0.387 e. The zero-order valence-electron chi connectivity index (χ0n) is 12.8. The number of alkyl halides is 2. The number of hydrogen-bond donors (Lipinski definition) is 1. The van der Waals surface area contributed by atoms with Crippen molar-refractivity contribution in [2.24, 2.45) is 0 Å². The fraction of sp³-hybridized carbons (Fsp3) is 0.167. The van der Waals surface area contributed by atoms with Crippen molar-refractivity contribution in [3.8, 4) is 5.75 Å². The van der Waals surface area contributed by atoms with Crippen molar-refractivity contribution >= 4 is 16.9 Å². The van der Waals surface area contributed by atoms with Crippen molar-refractivity contribution in [1.29, 1.82) is 0 Å². The Hall–Kier alpha value is -2.89. The Balaban J connectivity index is 1.69. The van der Waals surface area contributed by atoms with Crippen molar-refractivity contribution < 1.29 is 22.7 Å². The Morgan fingerprint density at radius 3 is 2.50 bits per heavy atom. The van der Waals surface area contributed by atoms with E-state index in [4.69, 9.17) is 4.42 Å². The van der Waals surface area contributed by atoms with E-state index in [1.165, 1.54) is 12.1 Å². The van der Waals surface area contributed by atoms with Gasteiger partial charge in [-0.05, 0) is 36.8 Å². The highest BCUT2D eigenvalue weighted by Crippen LogP contribution is 2.21. The van der Waals surface area contributed by atoms with Gasteiger partial charge in [-0.1, -0.05) is 30.3 Å². The highest BCUT2D eigenvalue weighted by atomic mass is 19.3. The molecule has 1 N–H and O–H groups in total. The lowest BCUT2D eigenvalue weighted by atomic mass is 10.1. The number of carbonyl (C=O) groups excluding carboxylic acids is 1. The van der Waals surface area contributed by atoms with Crippen molar-refractivity contribution in [3.05, 3.63) is 65.9 Å². The van der Waals surface area contributed by atoms with Crippen LogP contribution in [0.15, 0.2) is 59.0 Å². The minimum absolute atomic E-state index is 0.0737. The number of fused-ring (bicyclic) bond motifs is 1. The van der Waals surface area contributed by atoms with Gasteiger partial charge in [0, 0.05) is 5.39 Å². The lowest BCUT2D eigenvalue weighted by molar-refractivity contribution is -0.0498. The predicted molar refractivity (Wildman–Crippen MR) is 85.2 cm³/mol. The van der Waals surface area contributed by atoms with Gasteiger partial charge in [-0.25, -0.2) is 0 Å². The van der Waals surface area contributed by atoms with Gasteiger partial charge in [0.1, 0.15) is 11.3 Å². The summed E-state index contributed by atoms with van der Waals surface area (Å²) in [5.41, 5.74) is 1.41. The van der Waals surface area contributed by atoms with E-state index >= 15 is 0 Å². The summed E-state index contributed by atoms with van der Waals surface area (Å²) in [7, 11) is 0. The van der Waals surface area contributed by atoms with Crippen LogP contribution >= 0.6 is 0 Å². The highest BCUT2D eigenvalue weighted by molar-refractivity contribution is 5.96. The van der Waals surface area contributed by atoms with Crippen LogP contribution in [0.4, 0.5) is 8.78 Å². The molecule has 1 aromatic heterocycles. The molecule has 3 aromatic rings. The van der Waals surface area contributed by atoms with E-state index in [-0.39, 0.29) is 23.5 Å². The van der Waals surface area contributed by atoms with E-state index < -0.39 is 6.61 Å². The minimum Gasteiger partial charge on any atom is -0.451 e. The largest absolute Gasteiger partial charge is 0.451 e. The molecule has 0 saturated heterocycles. The maximum Gasteiger partial charge on any atom is 0.387 e. The quantitative estimate of drug-likeness (QED) is 0.747. The van der Waals surface area contributed by atoms with Crippen LogP contribution in [0.2, 0.25) is 0 Å². The zero-order chi connectivity index (χ0) is 17.1. The summed E-state index contributed by atoms with van der Waals surface area (Å²) in [6.07, 6.45) is 0. The van der Waals surface area contributed by atoms with Crippen LogP contribution in [0.25, 0.3) is 11.0 Å². The predicted octanol–water partition coefficient (Wildman–Crippen LogP) is 4.53. The SMILES string of the molecule is C[C@@H](NC(=O)c1cc2ccccc2o1)c1ccc(OC(F)F)cc1. The Kier molecular flexibility index (Phi) is 4.46. The summed E-state index contributed by atoms with van der Waals surface area (Å²) in [6.45, 7) is -1.06. The molecule has 3 rings (SSSR count). The summed E-state index contributed by atoms with van der Waals surface area (Å²) in [5, 5.41) is 3.66. The molecule has 2 aromatic carbocycles. The molecule has 124 valence electrons. The lowest BCUT2D eigenvalue weighted by Crippen LogP contribution is -2.26. The second-order valence-electron chi connectivity index (χ2n) is 5.29. The average molecular weight is 331 g/mol. The number of hydrogen-bond acceptors (Lipinski definition) is 3. The van der Waals surface area contributed by atoms with Gasteiger partial charge in [0.05, 0.1) is 6.04 Å². The van der Waals surface area contributed by atoms with E-state index in [0.717, 1.165) is 10.9 Å². The van der Waals surface area contributed by atoms with E-state index in [2.05, 4.69) is 10.1 Å². The molecule has 4 nitrogen and oxygen atoms in total. The number of ether oxygens (including phenoxy) is 1. The molecule has 0 aliphatic heterocycles. The number of rotatable bonds is 5. The summed E-state index contributed by atoms with van der Waals surface area (Å²) in [4.78, 5) is 12.3. The molecule has 6 heteroatoms. The van der Waals surface area contributed by atoms with Crippen molar-refractivity contribution in [3.63, 3.8) is 0 Å². The first-order chi connectivity index (χ1) is 11.5. The Morgan fingerprint density at radius 1 is 1.12 bits per heavy atom. The highest BCUT2D eigenvalue weighted by Gasteiger charge is 2.16. The molecule has 1 heterocycles. The topological polar surface area (TPSA) is 51.5 Å². The monoisotopic (exact) mass is 331 g/mol. The fourth-order valence-corrected chi connectivity index (χ4v) is 2.38. The van der Waals surface area contributed by atoms with Gasteiger partial charge < -0.3 is 14.5 Å². The Bertz CT molecular complexity index is 810. The average Bonchev–Trinajstić information content (AvgIpc) is 2.99. The molecule has 0 spiro atoms. The maximum absolute atomic E-state index is 12.3. The van der Waals surface area contributed by atoms with Crippen molar-refractivity contribution in [1.82, 2.24) is 5.32 Å². The summed E-state index contributed by atoms with van der Waals surface area (Å²) in [5.74, 6) is -0.0446. The molecule has 0 saturated carbocycles. The summed E-state index contributed by atoms with van der Waals surface area (Å²) < 4.78 is 34.1. The minimum atomic E-state index is -2.86. The van der Waals surface area contributed by atoms with E-state index in [1.54, 1.807) is 31.2 Å². The number of carbonyl (C=O) groups is 1. The van der Waals surface area contributed by atoms with E-state index in [9.17, 15) is 13.6 Å². The van der Waals surface area contributed by atoms with Crippen LogP contribution in [0.3, 0.4) is 0 Å². The van der Waals surface area contributed by atoms with Crippen molar-refractivity contribution in [2.45, 2.75) is 19.6 Å². The van der Waals surface area contributed by atoms with E-state index in [1.807, 2.05) is 18.2 Å². The third kappa shape index (κ3) is 3.53. The molecular formula is C18H15F2NO3. The first kappa shape index (κ1) is 16.0. The van der Waals surface area contributed by atoms with Crippen LogP contribution in [0.1, 0.15) is 29.1 Å². The number of nitrogens with one attached hydrogen (secondary N) is 1. The molecule has 0 aliphatic carbocycles. The molecule has 0 fully saturated rings. The Morgan fingerprint density at radius 2 is 1.83 bits per heavy atom. The van der Waals surface area contributed by atoms with Crippen LogP contribution in [-0.2, 0) is 0 Å². The third-order valence-electron chi connectivity index (χ3n) is 3.60. The van der Waals surface area contributed by atoms with E-state index in [0.29, 0.717) is 5.58 Å². The van der Waals surface area contributed by atoms with Crippen LogP contribution < -0.4 is 10.1 Å². The molecule has 0 aliphatic rings. The normalized spacial score (nSPS) is 12.3. The molecule has 1 atom stereocenters. The summed E-state index contributed by atoms with van der Waals surface area (Å²) in [6, 6.07) is 14.8. The third-order valence-corrected chi connectivity index (χ3v) is 3.60. The number of furan rings is 1. The van der Waals surface area contributed by atoms with Crippen LogP contribution in [0.5, 0.6) is 5.75 Å². The lowest BCUT2D eigenvalue weighted by Gasteiger charge is -2.14. The number of para-hydroxylation sites is 1. The van der Waals surface area contributed by atoms with Gasteiger partial charge in [0.15, 0.2) is 5.76 Å². The molecular weight excluding hydrogens is 316 g/mol. The van der Waals surface area contributed by atoms with Crippen LogP contribution in [-0.4, -0.2) is 12.5 Å². The van der Waals surface area contributed by atoms with Gasteiger partial charge in [0.2, 0.25) is 0 Å². The Labute approximate surface area is 137 Å². The standard InChI is InChI=1S/C18H15F2NO3/c1-11(12-6-8-14(9-7-12)23-18(19)20)21-17(22)16-10-13-4-2-3-5-15(13)24-16/h2-11,18H,1H3,(H,21,22)/t11-/m1/s1. The first-order valence-electron chi connectivity index (χ1n) is 7.37. The second-order valence-corrected chi connectivity index (χ2v) is 5.29. The molecule has 1 amide bonds. The maximum atomic E-state index is 12.3. The second kappa shape index (κ2) is 6.70. The van der Waals surface area contributed by atoms with Gasteiger partial charge in [0.25, 0.3) is 5.91 Å². The van der Waals surface area contributed by atoms with Gasteiger partial charge >= 0.3 is 6.61 Å². The summed E-state index contributed by atoms with van der Waals surface area (Å²) >= 11 is 0. The molecule has 0 unspecified atom stereocenters. The van der Waals surface area contributed by atoms with Gasteiger partial charge in [-0.3, -0.25) is 4.79 Å². The molecule has 0 bridgehead atoms. The number of benzene rings is 2. The number of halogens is 2. The zero-order valence-corrected chi connectivity index (χ0v) is 12.8. The van der Waals surface area contributed by atoms with Crippen molar-refractivity contribution in [2.75, 3.05) is 0 Å². The molecule has 24 heavy (non-hydrogen) atoms.